The molecule has 120 valence electrons. The number of benzene rings is 1. The molecule has 2 heterocycles. The molecule has 8 heteroatoms. The Bertz CT molecular complexity index is 838. The lowest BCUT2D eigenvalue weighted by Gasteiger charge is -2.13. The summed E-state index contributed by atoms with van der Waals surface area (Å²) in [6.07, 6.45) is -0.0133. The normalized spacial score (nSPS) is 16.2. The maximum atomic E-state index is 13.5. The number of nitrogens with zero attached hydrogens (tertiary/aromatic N) is 2. The summed E-state index contributed by atoms with van der Waals surface area (Å²) < 4.78 is 28.1. The highest BCUT2D eigenvalue weighted by Crippen LogP contribution is 2.32. The van der Waals surface area contributed by atoms with E-state index in [2.05, 4.69) is 10.3 Å². The molecule has 0 bridgehead atoms. The van der Waals surface area contributed by atoms with Crippen molar-refractivity contribution in [2.24, 2.45) is 0 Å². The zero-order valence-electron chi connectivity index (χ0n) is 12.2. The zero-order chi connectivity index (χ0) is 16.6. The van der Waals surface area contributed by atoms with Crippen LogP contribution in [0.4, 0.5) is 14.5 Å². The highest BCUT2D eigenvalue weighted by atomic mass is 32.2. The number of aryl methyl sites for hydroxylation is 1. The van der Waals surface area contributed by atoms with Crippen LogP contribution in [-0.2, 0) is 4.79 Å². The van der Waals surface area contributed by atoms with Crippen molar-refractivity contribution in [3.63, 3.8) is 0 Å². The topological polar surface area (TPSA) is 64.0 Å². The minimum Gasteiger partial charge on any atom is -0.323 e. The number of carbonyl (C=O) groups excluding carboxylic acids is 1. The van der Waals surface area contributed by atoms with E-state index in [4.69, 9.17) is 0 Å². The number of carbonyl (C=O) groups is 1. The fraction of sp³-hybridized carbons (Fsp3) is 0.267. The lowest BCUT2D eigenvalue weighted by atomic mass is 10.2. The van der Waals surface area contributed by atoms with E-state index in [9.17, 15) is 18.4 Å². The summed E-state index contributed by atoms with van der Waals surface area (Å²) in [4.78, 5) is 28.4. The Morgan fingerprint density at radius 2 is 2.22 bits per heavy atom. The Morgan fingerprint density at radius 1 is 1.43 bits per heavy atom. The van der Waals surface area contributed by atoms with Crippen molar-refractivity contribution in [1.29, 1.82) is 0 Å². The molecule has 1 aromatic carbocycles. The van der Waals surface area contributed by atoms with Gasteiger partial charge in [-0.2, -0.15) is 0 Å². The predicted octanol–water partition coefficient (Wildman–Crippen LogP) is 2.51. The molecular weight excluding hydrogens is 324 g/mol. The van der Waals surface area contributed by atoms with E-state index in [1.54, 1.807) is 6.92 Å². The second-order valence-electron chi connectivity index (χ2n) is 5.23. The Balaban J connectivity index is 1.76. The van der Waals surface area contributed by atoms with E-state index in [1.165, 1.54) is 22.4 Å². The predicted molar refractivity (Wildman–Crippen MR) is 82.6 cm³/mol. The van der Waals surface area contributed by atoms with Gasteiger partial charge in [-0.05, 0) is 19.1 Å². The molecule has 3 rings (SSSR count). The Labute approximate surface area is 134 Å². The maximum absolute atomic E-state index is 13.5. The molecule has 1 atom stereocenters. The van der Waals surface area contributed by atoms with E-state index >= 15 is 0 Å². The van der Waals surface area contributed by atoms with Crippen LogP contribution < -0.4 is 10.9 Å². The maximum Gasteiger partial charge on any atom is 0.254 e. The van der Waals surface area contributed by atoms with Crippen LogP contribution in [0.5, 0.6) is 0 Å². The Morgan fingerprint density at radius 3 is 3.00 bits per heavy atom. The van der Waals surface area contributed by atoms with Gasteiger partial charge in [0.2, 0.25) is 5.91 Å². The molecule has 0 spiro atoms. The average Bonchev–Trinajstić information content (AvgIpc) is 2.85. The molecule has 1 unspecified atom stereocenters. The smallest absolute Gasteiger partial charge is 0.254 e. The van der Waals surface area contributed by atoms with Crippen LogP contribution >= 0.6 is 11.8 Å². The molecule has 1 N–H and O–H groups in total. The number of anilines is 1. The number of hydrogen-bond acceptors (Lipinski definition) is 4. The summed E-state index contributed by atoms with van der Waals surface area (Å²) in [5.74, 6) is -1.31. The van der Waals surface area contributed by atoms with Gasteiger partial charge in [0.25, 0.3) is 5.56 Å². The van der Waals surface area contributed by atoms with Crippen molar-refractivity contribution < 1.29 is 13.6 Å². The van der Waals surface area contributed by atoms with Crippen molar-refractivity contribution in [3.05, 3.63) is 51.9 Å². The fourth-order valence-electron chi connectivity index (χ4n) is 2.42. The summed E-state index contributed by atoms with van der Waals surface area (Å²) in [5.41, 5.74) is 0.197. The van der Waals surface area contributed by atoms with Gasteiger partial charge in [-0.1, -0.05) is 11.8 Å². The van der Waals surface area contributed by atoms with Gasteiger partial charge in [0.15, 0.2) is 5.16 Å². The first-order valence-electron chi connectivity index (χ1n) is 6.92. The molecule has 0 fully saturated rings. The molecule has 0 saturated heterocycles. The van der Waals surface area contributed by atoms with E-state index < -0.39 is 17.5 Å². The van der Waals surface area contributed by atoms with Crippen LogP contribution in [0.25, 0.3) is 0 Å². The number of nitrogens with one attached hydrogen (secondary N) is 1. The van der Waals surface area contributed by atoms with Crippen LogP contribution in [0.3, 0.4) is 0 Å². The quantitative estimate of drug-likeness (QED) is 0.874. The molecule has 23 heavy (non-hydrogen) atoms. The second kappa shape index (κ2) is 6.11. The lowest BCUT2D eigenvalue weighted by Crippen LogP contribution is -2.27. The van der Waals surface area contributed by atoms with Gasteiger partial charge in [0, 0.05) is 30.0 Å². The van der Waals surface area contributed by atoms with Crippen LogP contribution in [-0.4, -0.2) is 21.2 Å². The molecule has 0 radical (unpaired) electrons. The monoisotopic (exact) mass is 337 g/mol. The molecule has 2 aromatic rings. The van der Waals surface area contributed by atoms with Gasteiger partial charge in [-0.3, -0.25) is 14.2 Å². The third kappa shape index (κ3) is 3.26. The van der Waals surface area contributed by atoms with Gasteiger partial charge in [-0.15, -0.1) is 0 Å². The third-order valence-electron chi connectivity index (χ3n) is 3.44. The number of rotatable bonds is 3. The summed E-state index contributed by atoms with van der Waals surface area (Å²) in [7, 11) is 0. The summed E-state index contributed by atoms with van der Waals surface area (Å²) in [5, 5.41) is 2.91. The zero-order valence-corrected chi connectivity index (χ0v) is 13.0. The second-order valence-corrected chi connectivity index (χ2v) is 6.22. The van der Waals surface area contributed by atoms with Gasteiger partial charge >= 0.3 is 0 Å². The van der Waals surface area contributed by atoms with E-state index in [0.717, 1.165) is 18.2 Å². The molecule has 1 amide bonds. The molecule has 0 aliphatic carbocycles. The molecule has 5 nitrogen and oxygen atoms in total. The highest BCUT2D eigenvalue weighted by molar-refractivity contribution is 7.99. The number of aromatic nitrogens is 2. The van der Waals surface area contributed by atoms with Crippen molar-refractivity contribution >= 4 is 23.4 Å². The Hall–Kier alpha value is -2.22. The largest absolute Gasteiger partial charge is 0.323 e. The van der Waals surface area contributed by atoms with Gasteiger partial charge in [-0.25, -0.2) is 13.8 Å². The minimum atomic E-state index is -0.713. The first kappa shape index (κ1) is 15.7. The first-order chi connectivity index (χ1) is 10.9. The highest BCUT2D eigenvalue weighted by Gasteiger charge is 2.27. The molecule has 1 aliphatic heterocycles. The van der Waals surface area contributed by atoms with E-state index in [-0.39, 0.29) is 23.7 Å². The fourth-order valence-corrected chi connectivity index (χ4v) is 3.62. The number of fused-ring (bicyclic) bond motifs is 1. The number of amides is 1. The summed E-state index contributed by atoms with van der Waals surface area (Å²) in [6, 6.07) is 3.90. The van der Waals surface area contributed by atoms with E-state index in [0.29, 0.717) is 16.6 Å². The summed E-state index contributed by atoms with van der Waals surface area (Å²) >= 11 is 1.40. The third-order valence-corrected chi connectivity index (χ3v) is 4.54. The Kier molecular flexibility index (Phi) is 4.16. The van der Waals surface area contributed by atoms with Crippen LogP contribution in [0.15, 0.2) is 34.2 Å². The minimum absolute atomic E-state index is 0.0133. The average molecular weight is 337 g/mol. The molecule has 0 saturated carbocycles. The molecule has 1 aromatic heterocycles. The standard InChI is InChI=1S/C15H13F2N3O2S/c1-8-4-14(22)20-10(7-23-15(20)18-8)6-13(21)19-12-5-9(16)2-3-11(12)17/h2-5,10H,6-7H2,1H3,(H,19,21). The number of hydrogen-bond donors (Lipinski definition) is 1. The number of thioether (sulfide) groups is 1. The van der Waals surface area contributed by atoms with Gasteiger partial charge in [0.05, 0.1) is 11.7 Å². The first-order valence-corrected chi connectivity index (χ1v) is 7.90. The van der Waals surface area contributed by atoms with Crippen molar-refractivity contribution in [2.45, 2.75) is 24.5 Å². The van der Waals surface area contributed by atoms with Crippen molar-refractivity contribution in [1.82, 2.24) is 9.55 Å². The van der Waals surface area contributed by atoms with Crippen molar-refractivity contribution in [3.8, 4) is 0 Å². The van der Waals surface area contributed by atoms with Crippen LogP contribution in [0.2, 0.25) is 0 Å². The van der Waals surface area contributed by atoms with Gasteiger partial charge < -0.3 is 5.32 Å². The van der Waals surface area contributed by atoms with E-state index in [1.807, 2.05) is 0 Å². The lowest BCUT2D eigenvalue weighted by molar-refractivity contribution is -0.116. The van der Waals surface area contributed by atoms with Gasteiger partial charge in [0.1, 0.15) is 11.6 Å². The number of halogens is 2. The van der Waals surface area contributed by atoms with Crippen LogP contribution in [0.1, 0.15) is 18.2 Å². The molecular formula is C15H13F2N3O2S. The summed E-state index contributed by atoms with van der Waals surface area (Å²) in [6.45, 7) is 1.73. The van der Waals surface area contributed by atoms with Crippen LogP contribution in [0, 0.1) is 18.6 Å². The van der Waals surface area contributed by atoms with Crippen molar-refractivity contribution in [2.75, 3.05) is 11.1 Å². The molecule has 1 aliphatic rings. The SMILES string of the molecule is Cc1cc(=O)n2c(n1)SCC2CC(=O)Nc1cc(F)ccc1F.